The van der Waals surface area contributed by atoms with Crippen LogP contribution in [0.3, 0.4) is 0 Å². The van der Waals surface area contributed by atoms with Crippen LogP contribution in [0, 0.1) is 11.8 Å². The van der Waals surface area contributed by atoms with E-state index in [1.165, 1.54) is 0 Å². The van der Waals surface area contributed by atoms with Crippen molar-refractivity contribution in [3.05, 3.63) is 0 Å². The van der Waals surface area contributed by atoms with E-state index in [-0.39, 0.29) is 17.7 Å². The van der Waals surface area contributed by atoms with Gasteiger partial charge in [0, 0.05) is 33.6 Å². The van der Waals surface area contributed by atoms with Gasteiger partial charge >= 0.3 is 0 Å². The predicted octanol–water partition coefficient (Wildman–Crippen LogP) is 1.75. The van der Waals surface area contributed by atoms with Gasteiger partial charge < -0.3 is 9.80 Å². The van der Waals surface area contributed by atoms with Gasteiger partial charge in [-0.2, -0.15) is 0 Å². The molecule has 1 fully saturated rings. The minimum atomic E-state index is -0.00301. The van der Waals surface area contributed by atoms with Gasteiger partial charge in [0.05, 0.1) is 5.92 Å². The highest BCUT2D eigenvalue weighted by Gasteiger charge is 2.28. The monoisotopic (exact) mass is 254 g/mol. The zero-order valence-corrected chi connectivity index (χ0v) is 12.1. The third-order valence-corrected chi connectivity index (χ3v) is 3.50. The highest BCUT2D eigenvalue weighted by molar-refractivity contribution is 5.81. The second kappa shape index (κ2) is 6.76. The van der Waals surface area contributed by atoms with E-state index < -0.39 is 0 Å². The standard InChI is InChI=1S/C14H26N2O2/c1-11(2)7-8-13(17)16-9-5-6-12(10-16)14(18)15(3)4/h11-12H,5-10H2,1-4H3. The first-order valence-electron chi connectivity index (χ1n) is 6.90. The molecule has 0 bridgehead atoms. The Balaban J connectivity index is 2.48. The Morgan fingerprint density at radius 2 is 2.00 bits per heavy atom. The number of likely N-dealkylation sites (tertiary alicyclic amines) is 1. The second-order valence-corrected chi connectivity index (χ2v) is 5.84. The summed E-state index contributed by atoms with van der Waals surface area (Å²) in [4.78, 5) is 27.5. The van der Waals surface area contributed by atoms with Gasteiger partial charge in [-0.05, 0) is 25.2 Å². The van der Waals surface area contributed by atoms with Crippen LogP contribution in [0.5, 0.6) is 0 Å². The number of piperidine rings is 1. The first-order chi connectivity index (χ1) is 8.41. The molecule has 1 rings (SSSR count). The van der Waals surface area contributed by atoms with Crippen LogP contribution in [0.1, 0.15) is 39.5 Å². The van der Waals surface area contributed by atoms with Crippen LogP contribution >= 0.6 is 0 Å². The van der Waals surface area contributed by atoms with Crippen LogP contribution in [-0.2, 0) is 9.59 Å². The van der Waals surface area contributed by atoms with Crippen LogP contribution < -0.4 is 0 Å². The molecule has 1 aliphatic rings. The number of hydrogen-bond acceptors (Lipinski definition) is 2. The van der Waals surface area contributed by atoms with Gasteiger partial charge in [0.2, 0.25) is 11.8 Å². The highest BCUT2D eigenvalue weighted by atomic mass is 16.2. The summed E-state index contributed by atoms with van der Waals surface area (Å²) in [6.07, 6.45) is 3.39. The fourth-order valence-corrected chi connectivity index (χ4v) is 2.34. The maximum absolute atomic E-state index is 12.0. The van der Waals surface area contributed by atoms with Crippen LogP contribution in [0.2, 0.25) is 0 Å². The lowest BCUT2D eigenvalue weighted by Crippen LogP contribution is -2.45. The fourth-order valence-electron chi connectivity index (χ4n) is 2.34. The van der Waals surface area contributed by atoms with Crippen molar-refractivity contribution in [1.82, 2.24) is 9.80 Å². The van der Waals surface area contributed by atoms with Gasteiger partial charge in [-0.15, -0.1) is 0 Å². The van der Waals surface area contributed by atoms with E-state index in [0.29, 0.717) is 18.9 Å². The molecule has 0 N–H and O–H groups in total. The van der Waals surface area contributed by atoms with Crippen molar-refractivity contribution in [3.8, 4) is 0 Å². The van der Waals surface area contributed by atoms with Crippen LogP contribution in [0.4, 0.5) is 0 Å². The summed E-state index contributed by atoms with van der Waals surface area (Å²) in [5.74, 6) is 0.908. The zero-order chi connectivity index (χ0) is 13.7. The van der Waals surface area contributed by atoms with Crippen LogP contribution in [-0.4, -0.2) is 48.8 Å². The molecular formula is C14H26N2O2. The number of carbonyl (C=O) groups excluding carboxylic acids is 2. The van der Waals surface area contributed by atoms with E-state index in [0.717, 1.165) is 25.8 Å². The average Bonchev–Trinajstić information content (AvgIpc) is 2.34. The van der Waals surface area contributed by atoms with Crippen molar-refractivity contribution in [2.75, 3.05) is 27.2 Å². The molecule has 0 aliphatic carbocycles. The van der Waals surface area contributed by atoms with Gasteiger partial charge in [0.1, 0.15) is 0 Å². The molecule has 0 saturated carbocycles. The summed E-state index contributed by atoms with van der Waals surface area (Å²) < 4.78 is 0. The van der Waals surface area contributed by atoms with Gasteiger partial charge in [-0.3, -0.25) is 9.59 Å². The molecule has 18 heavy (non-hydrogen) atoms. The summed E-state index contributed by atoms with van der Waals surface area (Å²) in [6.45, 7) is 5.67. The molecule has 1 saturated heterocycles. The van der Waals surface area contributed by atoms with Crippen molar-refractivity contribution < 1.29 is 9.59 Å². The van der Waals surface area contributed by atoms with E-state index in [4.69, 9.17) is 0 Å². The fraction of sp³-hybridized carbons (Fsp3) is 0.857. The number of amides is 2. The number of hydrogen-bond donors (Lipinski definition) is 0. The van der Waals surface area contributed by atoms with Crippen molar-refractivity contribution in [2.24, 2.45) is 11.8 Å². The maximum Gasteiger partial charge on any atom is 0.226 e. The summed E-state index contributed by atoms with van der Waals surface area (Å²) >= 11 is 0. The molecule has 0 aromatic heterocycles. The van der Waals surface area contributed by atoms with Crippen LogP contribution in [0.15, 0.2) is 0 Å². The van der Waals surface area contributed by atoms with Crippen LogP contribution in [0.25, 0.3) is 0 Å². The maximum atomic E-state index is 12.0. The minimum Gasteiger partial charge on any atom is -0.349 e. The van der Waals surface area contributed by atoms with E-state index in [1.807, 2.05) is 4.90 Å². The smallest absolute Gasteiger partial charge is 0.226 e. The molecular weight excluding hydrogens is 228 g/mol. The largest absolute Gasteiger partial charge is 0.349 e. The average molecular weight is 254 g/mol. The molecule has 1 unspecified atom stereocenters. The second-order valence-electron chi connectivity index (χ2n) is 5.84. The van der Waals surface area contributed by atoms with Crippen molar-refractivity contribution in [3.63, 3.8) is 0 Å². The van der Waals surface area contributed by atoms with Crippen molar-refractivity contribution >= 4 is 11.8 Å². The Morgan fingerprint density at radius 1 is 1.33 bits per heavy atom. The Labute approximate surface area is 110 Å². The highest BCUT2D eigenvalue weighted by Crippen LogP contribution is 2.19. The summed E-state index contributed by atoms with van der Waals surface area (Å²) in [5, 5.41) is 0. The third-order valence-electron chi connectivity index (χ3n) is 3.50. The molecule has 104 valence electrons. The van der Waals surface area contributed by atoms with Gasteiger partial charge in [-0.1, -0.05) is 13.8 Å². The molecule has 1 atom stereocenters. The summed E-state index contributed by atoms with van der Waals surface area (Å²) in [6, 6.07) is 0. The molecule has 4 nitrogen and oxygen atoms in total. The zero-order valence-electron chi connectivity index (χ0n) is 12.1. The molecule has 1 heterocycles. The van der Waals surface area contributed by atoms with E-state index in [2.05, 4.69) is 13.8 Å². The van der Waals surface area contributed by atoms with Crippen molar-refractivity contribution in [2.45, 2.75) is 39.5 Å². The molecule has 4 heteroatoms. The number of nitrogens with zero attached hydrogens (tertiary/aromatic N) is 2. The van der Waals surface area contributed by atoms with E-state index >= 15 is 0 Å². The van der Waals surface area contributed by atoms with Gasteiger partial charge in [-0.25, -0.2) is 0 Å². The Bertz CT molecular complexity index is 300. The number of rotatable bonds is 4. The van der Waals surface area contributed by atoms with Gasteiger partial charge in [0.15, 0.2) is 0 Å². The lowest BCUT2D eigenvalue weighted by molar-refractivity contribution is -0.139. The lowest BCUT2D eigenvalue weighted by Gasteiger charge is -2.33. The third kappa shape index (κ3) is 4.31. The molecule has 0 radical (unpaired) electrons. The van der Waals surface area contributed by atoms with Crippen molar-refractivity contribution in [1.29, 1.82) is 0 Å². The van der Waals surface area contributed by atoms with E-state index in [1.54, 1.807) is 19.0 Å². The SMILES string of the molecule is CC(C)CCC(=O)N1CCCC(C(=O)N(C)C)C1. The normalized spacial score (nSPS) is 20.1. The van der Waals surface area contributed by atoms with E-state index in [9.17, 15) is 9.59 Å². The summed E-state index contributed by atoms with van der Waals surface area (Å²) in [5.41, 5.74) is 0. The molecule has 0 aromatic carbocycles. The first-order valence-corrected chi connectivity index (χ1v) is 6.90. The predicted molar refractivity (Wildman–Crippen MR) is 72.1 cm³/mol. The Kier molecular flexibility index (Phi) is 5.63. The topological polar surface area (TPSA) is 40.6 Å². The minimum absolute atomic E-state index is 0.00301. The molecule has 0 spiro atoms. The summed E-state index contributed by atoms with van der Waals surface area (Å²) in [7, 11) is 3.56. The lowest BCUT2D eigenvalue weighted by atomic mass is 9.96. The first kappa shape index (κ1) is 15.0. The molecule has 1 aliphatic heterocycles. The van der Waals surface area contributed by atoms with Gasteiger partial charge in [0.25, 0.3) is 0 Å². The molecule has 0 aromatic rings. The Morgan fingerprint density at radius 3 is 2.56 bits per heavy atom. The molecule has 2 amide bonds. The Hall–Kier alpha value is -1.06. The number of carbonyl (C=O) groups is 2. The quantitative estimate of drug-likeness (QED) is 0.767.